The normalized spacial score (nSPS) is 11.7. The molecule has 3 rings (SSSR count). The summed E-state index contributed by atoms with van der Waals surface area (Å²) >= 11 is 0. The number of halogens is 3. The van der Waals surface area contributed by atoms with Gasteiger partial charge in [0.15, 0.2) is 23.0 Å². The lowest BCUT2D eigenvalue weighted by atomic mass is 9.95. The van der Waals surface area contributed by atoms with E-state index in [4.69, 9.17) is 18.9 Å². The zero-order valence-electron chi connectivity index (χ0n) is 18.3. The Kier molecular flexibility index (Phi) is 6.82. The van der Waals surface area contributed by atoms with Crippen molar-refractivity contribution in [1.29, 1.82) is 0 Å². The molecule has 0 heterocycles. The summed E-state index contributed by atoms with van der Waals surface area (Å²) in [5, 5.41) is 0.529. The van der Waals surface area contributed by atoms with Gasteiger partial charge in [-0.15, -0.1) is 0 Å². The molecule has 34 heavy (non-hydrogen) atoms. The molecule has 0 N–H and O–H groups in total. The minimum atomic E-state index is -6.05. The molecule has 0 saturated carbocycles. The molecule has 0 fully saturated rings. The fraction of sp³-hybridized carbons (Fsp3) is 0.227. The third-order valence-corrected chi connectivity index (χ3v) is 5.79. The van der Waals surface area contributed by atoms with Crippen molar-refractivity contribution >= 4 is 26.7 Å². The Labute approximate surface area is 192 Å². The van der Waals surface area contributed by atoms with Crippen molar-refractivity contribution in [2.45, 2.75) is 5.51 Å². The van der Waals surface area contributed by atoms with E-state index in [2.05, 4.69) is 4.18 Å². The number of alkyl halides is 3. The Hall–Kier alpha value is -3.67. The van der Waals surface area contributed by atoms with E-state index in [1.54, 1.807) is 0 Å². The summed E-state index contributed by atoms with van der Waals surface area (Å²) in [6, 6.07) is 9.26. The smallest absolute Gasteiger partial charge is 0.497 e. The Morgan fingerprint density at radius 1 is 0.794 bits per heavy atom. The van der Waals surface area contributed by atoms with Crippen molar-refractivity contribution in [3.8, 4) is 28.7 Å². The Balaban J connectivity index is 2.30. The van der Waals surface area contributed by atoms with Gasteiger partial charge in [-0.3, -0.25) is 4.79 Å². The summed E-state index contributed by atoms with van der Waals surface area (Å²) in [7, 11) is -0.646. The van der Waals surface area contributed by atoms with Gasteiger partial charge in [-0.2, -0.15) is 21.6 Å². The van der Waals surface area contributed by atoms with Gasteiger partial charge >= 0.3 is 15.6 Å². The van der Waals surface area contributed by atoms with Gasteiger partial charge in [0.25, 0.3) is 0 Å². The first-order valence-electron chi connectivity index (χ1n) is 9.43. The second-order valence-electron chi connectivity index (χ2n) is 6.75. The van der Waals surface area contributed by atoms with E-state index in [9.17, 15) is 26.4 Å². The van der Waals surface area contributed by atoms with Gasteiger partial charge in [0.1, 0.15) is 5.75 Å². The highest BCUT2D eigenvalue weighted by Gasteiger charge is 2.49. The van der Waals surface area contributed by atoms with Crippen molar-refractivity contribution in [1.82, 2.24) is 0 Å². The molecule has 0 radical (unpaired) electrons. The largest absolute Gasteiger partial charge is 0.534 e. The van der Waals surface area contributed by atoms with Crippen molar-refractivity contribution in [2.75, 3.05) is 28.4 Å². The Morgan fingerprint density at radius 2 is 1.41 bits per heavy atom. The molecule has 0 unspecified atom stereocenters. The van der Waals surface area contributed by atoms with Crippen molar-refractivity contribution in [3.05, 3.63) is 53.6 Å². The number of methoxy groups -OCH3 is 4. The molecule has 0 saturated heterocycles. The summed E-state index contributed by atoms with van der Waals surface area (Å²) < 4.78 is 87.6. The number of hydrogen-bond acceptors (Lipinski definition) is 8. The highest BCUT2D eigenvalue weighted by molar-refractivity contribution is 7.88. The zero-order valence-corrected chi connectivity index (χ0v) is 19.2. The van der Waals surface area contributed by atoms with Gasteiger partial charge in [-0.25, -0.2) is 0 Å². The van der Waals surface area contributed by atoms with Gasteiger partial charge in [-0.05, 0) is 47.2 Å². The van der Waals surface area contributed by atoms with Gasteiger partial charge in [0.2, 0.25) is 5.75 Å². The van der Waals surface area contributed by atoms with E-state index < -0.39 is 32.7 Å². The maximum Gasteiger partial charge on any atom is 0.534 e. The molecule has 182 valence electrons. The molecule has 3 aromatic rings. The van der Waals surface area contributed by atoms with Crippen LogP contribution in [0.5, 0.6) is 28.7 Å². The quantitative estimate of drug-likeness (QED) is 0.256. The van der Waals surface area contributed by atoms with E-state index in [0.717, 1.165) is 6.07 Å². The molecule has 0 aromatic heterocycles. The van der Waals surface area contributed by atoms with Crippen LogP contribution < -0.4 is 23.1 Å². The molecule has 0 spiro atoms. The molecular weight excluding hydrogens is 481 g/mol. The average molecular weight is 500 g/mol. The van der Waals surface area contributed by atoms with E-state index >= 15 is 0 Å². The highest BCUT2D eigenvalue weighted by Crippen LogP contribution is 2.41. The second kappa shape index (κ2) is 9.29. The number of benzene rings is 3. The van der Waals surface area contributed by atoms with Gasteiger partial charge < -0.3 is 23.1 Å². The molecule has 0 bridgehead atoms. The van der Waals surface area contributed by atoms with E-state index in [-0.39, 0.29) is 28.2 Å². The minimum Gasteiger partial charge on any atom is -0.497 e. The van der Waals surface area contributed by atoms with Gasteiger partial charge in [0, 0.05) is 5.56 Å². The monoisotopic (exact) mass is 500 g/mol. The molecule has 3 aromatic carbocycles. The zero-order chi connectivity index (χ0) is 25.3. The number of ether oxygens (including phenoxy) is 4. The molecule has 12 heteroatoms. The SMILES string of the molecule is COc1ccc2c(C(=O)c3cc(OC)c(OC)c(OC)c3)c(OS(=O)(=O)C(F)(F)F)ccc2c1. The van der Waals surface area contributed by atoms with Crippen molar-refractivity contribution < 1.29 is 49.5 Å². The Morgan fingerprint density at radius 3 is 1.91 bits per heavy atom. The molecule has 0 amide bonds. The summed E-state index contributed by atoms with van der Waals surface area (Å²) in [4.78, 5) is 13.6. The molecular formula is C22H19F3O8S. The van der Waals surface area contributed by atoms with Gasteiger partial charge in [-0.1, -0.05) is 6.07 Å². The van der Waals surface area contributed by atoms with Crippen LogP contribution in [-0.2, 0) is 10.1 Å². The lowest BCUT2D eigenvalue weighted by Crippen LogP contribution is -2.28. The van der Waals surface area contributed by atoms with Crippen LogP contribution in [0.25, 0.3) is 10.8 Å². The number of carbonyl (C=O) groups excluding carboxylic acids is 1. The van der Waals surface area contributed by atoms with Gasteiger partial charge in [0.05, 0.1) is 34.0 Å². The lowest BCUT2D eigenvalue weighted by Gasteiger charge is -2.17. The van der Waals surface area contributed by atoms with Crippen LogP contribution in [0.2, 0.25) is 0 Å². The van der Waals surface area contributed by atoms with Crippen molar-refractivity contribution in [2.24, 2.45) is 0 Å². The molecule has 0 aliphatic heterocycles. The fourth-order valence-corrected chi connectivity index (χ4v) is 3.71. The summed E-state index contributed by atoms with van der Waals surface area (Å²) in [6.45, 7) is 0. The van der Waals surface area contributed by atoms with Crippen LogP contribution in [-0.4, -0.2) is 48.1 Å². The minimum absolute atomic E-state index is 0.0768. The third kappa shape index (κ3) is 4.53. The first-order valence-corrected chi connectivity index (χ1v) is 10.8. The second-order valence-corrected chi connectivity index (χ2v) is 8.29. The fourth-order valence-electron chi connectivity index (χ4n) is 3.24. The maximum absolute atomic E-state index is 13.6. The molecule has 0 aliphatic carbocycles. The predicted molar refractivity (Wildman–Crippen MR) is 116 cm³/mol. The third-order valence-electron chi connectivity index (χ3n) is 4.83. The van der Waals surface area contributed by atoms with Crippen LogP contribution in [0.3, 0.4) is 0 Å². The summed E-state index contributed by atoms with van der Waals surface area (Å²) in [5.41, 5.74) is -6.19. The van der Waals surface area contributed by atoms with Crippen LogP contribution in [0.15, 0.2) is 42.5 Å². The highest BCUT2D eigenvalue weighted by atomic mass is 32.2. The number of hydrogen-bond donors (Lipinski definition) is 0. The molecule has 8 nitrogen and oxygen atoms in total. The van der Waals surface area contributed by atoms with Crippen LogP contribution in [0.1, 0.15) is 15.9 Å². The topological polar surface area (TPSA) is 97.4 Å². The number of carbonyl (C=O) groups is 1. The van der Waals surface area contributed by atoms with E-state index in [1.165, 1.54) is 64.8 Å². The first kappa shape index (κ1) is 25.0. The molecule has 0 atom stereocenters. The average Bonchev–Trinajstić information content (AvgIpc) is 2.81. The maximum atomic E-state index is 13.6. The number of ketones is 1. The number of fused-ring (bicyclic) bond motifs is 1. The summed E-state index contributed by atoms with van der Waals surface area (Å²) in [5.74, 6) is -0.832. The van der Waals surface area contributed by atoms with Crippen LogP contribution in [0, 0.1) is 0 Å². The van der Waals surface area contributed by atoms with Crippen LogP contribution in [0.4, 0.5) is 13.2 Å². The predicted octanol–water partition coefficient (Wildman–Crippen LogP) is 4.33. The number of rotatable bonds is 8. The first-order chi connectivity index (χ1) is 16.0. The summed E-state index contributed by atoms with van der Waals surface area (Å²) in [6.07, 6.45) is 0. The van der Waals surface area contributed by atoms with E-state index in [1.807, 2.05) is 0 Å². The standard InChI is InChI=1S/C22H19F3O8S/c1-29-14-6-7-15-12(9-14)5-8-16(33-34(27,28)22(23,24)25)19(15)20(26)13-10-17(30-2)21(32-4)18(11-13)31-3/h5-11H,1-4H3. The lowest BCUT2D eigenvalue weighted by molar-refractivity contribution is -0.0500. The molecule has 0 aliphatic rings. The Bertz CT molecular complexity index is 1330. The van der Waals surface area contributed by atoms with Crippen molar-refractivity contribution in [3.63, 3.8) is 0 Å². The van der Waals surface area contributed by atoms with Crippen LogP contribution >= 0.6 is 0 Å². The van der Waals surface area contributed by atoms with E-state index in [0.29, 0.717) is 11.1 Å².